The van der Waals surface area contributed by atoms with E-state index in [-0.39, 0.29) is 29.7 Å². The van der Waals surface area contributed by atoms with Crippen LogP contribution in [0.25, 0.3) is 0 Å². The van der Waals surface area contributed by atoms with E-state index in [2.05, 4.69) is 5.32 Å². The molecule has 0 radical (unpaired) electrons. The molecular formula is C23H24N4O5S. The van der Waals surface area contributed by atoms with E-state index in [0.29, 0.717) is 10.9 Å². The Balaban J connectivity index is 1.51. The van der Waals surface area contributed by atoms with Crippen LogP contribution >= 0.6 is 11.8 Å². The number of methoxy groups -OCH3 is 1. The van der Waals surface area contributed by atoms with Crippen molar-refractivity contribution in [2.75, 3.05) is 12.4 Å². The fourth-order valence-electron chi connectivity index (χ4n) is 3.54. The summed E-state index contributed by atoms with van der Waals surface area (Å²) in [4.78, 5) is 42.8. The predicted molar refractivity (Wildman–Crippen MR) is 127 cm³/mol. The molecule has 2 aromatic carbocycles. The number of aryl methyl sites for hydroxylation is 2. The highest BCUT2D eigenvalue weighted by atomic mass is 32.2. The number of nitro benzene ring substituents is 1. The Hall–Kier alpha value is -3.40. The molecule has 0 bridgehead atoms. The van der Waals surface area contributed by atoms with Crippen LogP contribution in [-0.2, 0) is 9.59 Å². The van der Waals surface area contributed by atoms with Gasteiger partial charge in [-0.1, -0.05) is 17.8 Å². The number of non-ortho nitro benzene ring substituents is 1. The number of aliphatic imine (C=N–C) groups is 1. The summed E-state index contributed by atoms with van der Waals surface area (Å²) in [5, 5.41) is 13.7. The van der Waals surface area contributed by atoms with Crippen molar-refractivity contribution in [1.82, 2.24) is 4.90 Å². The van der Waals surface area contributed by atoms with Gasteiger partial charge in [-0.05, 0) is 56.0 Å². The summed E-state index contributed by atoms with van der Waals surface area (Å²) < 4.78 is 5.19. The van der Waals surface area contributed by atoms with Crippen molar-refractivity contribution in [3.8, 4) is 5.75 Å². The van der Waals surface area contributed by atoms with E-state index in [0.717, 1.165) is 24.1 Å². The van der Waals surface area contributed by atoms with Gasteiger partial charge in [0, 0.05) is 24.6 Å². The zero-order valence-corrected chi connectivity index (χ0v) is 19.3. The third kappa shape index (κ3) is 5.00. The normalized spacial score (nSPS) is 19.1. The standard InChI is InChI=1S/C23H24N4O5S/c1-13-4-5-15(10-14(13)2)24-23-26(16-6-7-16)22(29)20(33-23)12-21(28)25-18-11-17(27(30)31)8-9-19(18)32-3/h4-5,8-11,16,20H,6-7,12H2,1-3H3,(H,25,28)/t20-/m1/s1. The number of nitrogens with one attached hydrogen (secondary N) is 1. The molecule has 1 saturated carbocycles. The summed E-state index contributed by atoms with van der Waals surface area (Å²) in [6.07, 6.45) is 1.76. The fourth-order valence-corrected chi connectivity index (χ4v) is 4.76. The van der Waals surface area contributed by atoms with Crippen LogP contribution in [-0.4, -0.2) is 45.2 Å². The maximum absolute atomic E-state index is 13.1. The number of carbonyl (C=O) groups excluding carboxylic acids is 2. The smallest absolute Gasteiger partial charge is 0.271 e. The van der Waals surface area contributed by atoms with Gasteiger partial charge >= 0.3 is 0 Å². The number of anilines is 1. The van der Waals surface area contributed by atoms with E-state index in [9.17, 15) is 19.7 Å². The zero-order valence-electron chi connectivity index (χ0n) is 18.5. The van der Waals surface area contributed by atoms with Crippen LogP contribution in [0.5, 0.6) is 5.75 Å². The first-order chi connectivity index (χ1) is 15.8. The molecule has 10 heteroatoms. The van der Waals surface area contributed by atoms with E-state index in [1.54, 1.807) is 4.90 Å². The molecule has 172 valence electrons. The van der Waals surface area contributed by atoms with Gasteiger partial charge in [0.2, 0.25) is 11.8 Å². The van der Waals surface area contributed by atoms with Gasteiger partial charge in [-0.15, -0.1) is 0 Å². The van der Waals surface area contributed by atoms with Gasteiger partial charge < -0.3 is 10.1 Å². The van der Waals surface area contributed by atoms with E-state index in [4.69, 9.17) is 9.73 Å². The van der Waals surface area contributed by atoms with Gasteiger partial charge in [0.25, 0.3) is 5.69 Å². The van der Waals surface area contributed by atoms with Crippen LogP contribution in [0.15, 0.2) is 41.4 Å². The summed E-state index contributed by atoms with van der Waals surface area (Å²) in [7, 11) is 1.41. The molecule has 2 aliphatic rings. The Morgan fingerprint density at radius 2 is 2.00 bits per heavy atom. The van der Waals surface area contributed by atoms with Crippen molar-refractivity contribution >= 4 is 45.8 Å². The molecule has 1 heterocycles. The lowest BCUT2D eigenvalue weighted by atomic mass is 10.1. The number of nitro groups is 1. The summed E-state index contributed by atoms with van der Waals surface area (Å²) in [6.45, 7) is 4.04. The largest absolute Gasteiger partial charge is 0.495 e. The summed E-state index contributed by atoms with van der Waals surface area (Å²) in [6, 6.07) is 9.98. The molecule has 33 heavy (non-hydrogen) atoms. The Kier molecular flexibility index (Phi) is 6.37. The number of hydrogen-bond donors (Lipinski definition) is 1. The maximum atomic E-state index is 13.1. The molecule has 4 rings (SSSR count). The average molecular weight is 469 g/mol. The molecule has 2 fully saturated rings. The first-order valence-corrected chi connectivity index (χ1v) is 11.4. The SMILES string of the molecule is COc1ccc([N+](=O)[O-])cc1NC(=O)C[C@H]1SC(=Nc2ccc(C)c(C)c2)N(C2CC2)C1=O. The van der Waals surface area contributed by atoms with Crippen LogP contribution in [0.4, 0.5) is 17.1 Å². The van der Waals surface area contributed by atoms with Gasteiger partial charge in [0.15, 0.2) is 5.17 Å². The molecule has 2 aromatic rings. The Labute approximate surface area is 195 Å². The third-order valence-electron chi connectivity index (χ3n) is 5.63. The lowest BCUT2D eigenvalue weighted by molar-refractivity contribution is -0.384. The highest BCUT2D eigenvalue weighted by molar-refractivity contribution is 8.15. The number of amidine groups is 1. The first-order valence-electron chi connectivity index (χ1n) is 10.5. The molecule has 0 spiro atoms. The zero-order chi connectivity index (χ0) is 23.7. The van der Waals surface area contributed by atoms with Crippen molar-refractivity contribution in [1.29, 1.82) is 0 Å². The third-order valence-corrected chi connectivity index (χ3v) is 6.78. The number of carbonyl (C=O) groups is 2. The molecule has 2 amide bonds. The molecule has 1 aliphatic heterocycles. The molecule has 0 unspecified atom stereocenters. The highest BCUT2D eigenvalue weighted by Gasteiger charge is 2.46. The Morgan fingerprint density at radius 3 is 2.64 bits per heavy atom. The minimum absolute atomic E-state index is 0.0789. The number of ether oxygens (including phenoxy) is 1. The van der Waals surface area contributed by atoms with Crippen LogP contribution in [0.1, 0.15) is 30.4 Å². The monoisotopic (exact) mass is 468 g/mol. The summed E-state index contributed by atoms with van der Waals surface area (Å²) in [5.74, 6) is -0.259. The van der Waals surface area contributed by atoms with Gasteiger partial charge in [0.1, 0.15) is 11.0 Å². The van der Waals surface area contributed by atoms with Gasteiger partial charge in [0.05, 0.1) is 23.4 Å². The van der Waals surface area contributed by atoms with Crippen molar-refractivity contribution in [2.24, 2.45) is 4.99 Å². The van der Waals surface area contributed by atoms with Crippen molar-refractivity contribution in [3.63, 3.8) is 0 Å². The van der Waals surface area contributed by atoms with Crippen molar-refractivity contribution < 1.29 is 19.2 Å². The Morgan fingerprint density at radius 1 is 1.24 bits per heavy atom. The second-order valence-corrected chi connectivity index (χ2v) is 9.27. The second-order valence-electron chi connectivity index (χ2n) is 8.10. The molecule has 0 aromatic heterocycles. The first kappa shape index (κ1) is 22.8. The van der Waals surface area contributed by atoms with Crippen molar-refractivity contribution in [2.45, 2.75) is 44.4 Å². The number of hydrogen-bond acceptors (Lipinski definition) is 7. The number of benzene rings is 2. The van der Waals surface area contributed by atoms with Gasteiger partial charge in [-0.3, -0.25) is 24.6 Å². The summed E-state index contributed by atoms with van der Waals surface area (Å²) >= 11 is 1.28. The number of nitrogens with zero attached hydrogens (tertiary/aromatic N) is 3. The van der Waals surface area contributed by atoms with E-state index in [1.807, 2.05) is 32.0 Å². The summed E-state index contributed by atoms with van der Waals surface area (Å²) in [5.41, 5.74) is 3.08. The molecule has 1 N–H and O–H groups in total. The molecular weight excluding hydrogens is 444 g/mol. The topological polar surface area (TPSA) is 114 Å². The quantitative estimate of drug-likeness (QED) is 0.477. The lowest BCUT2D eigenvalue weighted by Crippen LogP contribution is -2.35. The van der Waals surface area contributed by atoms with Gasteiger partial charge in [-0.2, -0.15) is 0 Å². The molecule has 1 atom stereocenters. The lowest BCUT2D eigenvalue weighted by Gasteiger charge is -2.15. The van der Waals surface area contributed by atoms with Crippen LogP contribution in [0.2, 0.25) is 0 Å². The van der Waals surface area contributed by atoms with E-state index in [1.165, 1.54) is 42.6 Å². The number of thioether (sulfide) groups is 1. The van der Waals surface area contributed by atoms with Crippen molar-refractivity contribution in [3.05, 3.63) is 57.6 Å². The Bertz CT molecular complexity index is 1160. The molecule has 1 saturated heterocycles. The number of rotatable bonds is 7. The van der Waals surface area contributed by atoms with E-state index < -0.39 is 16.1 Å². The number of amides is 2. The molecule has 9 nitrogen and oxygen atoms in total. The minimum Gasteiger partial charge on any atom is -0.495 e. The molecule has 1 aliphatic carbocycles. The van der Waals surface area contributed by atoms with Crippen LogP contribution < -0.4 is 10.1 Å². The average Bonchev–Trinajstić information content (AvgIpc) is 3.56. The maximum Gasteiger partial charge on any atom is 0.271 e. The van der Waals surface area contributed by atoms with Crippen LogP contribution in [0, 0.1) is 24.0 Å². The van der Waals surface area contributed by atoms with E-state index >= 15 is 0 Å². The van der Waals surface area contributed by atoms with Gasteiger partial charge in [-0.25, -0.2) is 4.99 Å². The fraction of sp³-hybridized carbons (Fsp3) is 0.348. The minimum atomic E-state index is -0.611. The highest BCUT2D eigenvalue weighted by Crippen LogP contribution is 2.40. The predicted octanol–water partition coefficient (Wildman–Crippen LogP) is 4.34. The second kappa shape index (κ2) is 9.22. The van der Waals surface area contributed by atoms with Crippen LogP contribution in [0.3, 0.4) is 0 Å².